The molecule has 28 heavy (non-hydrogen) atoms. The van der Waals surface area contributed by atoms with Gasteiger partial charge in [-0.2, -0.15) is 5.10 Å². The quantitative estimate of drug-likeness (QED) is 0.534. The molecule has 0 radical (unpaired) electrons. The Morgan fingerprint density at radius 1 is 1.14 bits per heavy atom. The van der Waals surface area contributed by atoms with Crippen molar-refractivity contribution in [3.05, 3.63) is 71.4 Å². The van der Waals surface area contributed by atoms with Gasteiger partial charge in [-0.05, 0) is 60.9 Å². The summed E-state index contributed by atoms with van der Waals surface area (Å²) in [5, 5.41) is 9.50. The summed E-state index contributed by atoms with van der Waals surface area (Å²) in [6.45, 7) is 3.51. The second-order valence-electron chi connectivity index (χ2n) is 7.08. The molecule has 4 nitrogen and oxygen atoms in total. The van der Waals surface area contributed by atoms with Gasteiger partial charge in [0, 0.05) is 16.1 Å². The van der Waals surface area contributed by atoms with E-state index in [9.17, 15) is 4.79 Å². The van der Waals surface area contributed by atoms with Crippen LogP contribution in [0.2, 0.25) is 5.02 Å². The third kappa shape index (κ3) is 3.87. The van der Waals surface area contributed by atoms with Gasteiger partial charge in [-0.15, -0.1) is 0 Å². The Morgan fingerprint density at radius 3 is 2.61 bits per heavy atom. The predicted octanol–water partition coefficient (Wildman–Crippen LogP) is 6.10. The maximum absolute atomic E-state index is 11.7. The summed E-state index contributed by atoms with van der Waals surface area (Å²) in [7, 11) is 0. The van der Waals surface area contributed by atoms with Crippen molar-refractivity contribution in [1.29, 1.82) is 0 Å². The minimum Gasteiger partial charge on any atom is -0.323 e. The average Bonchev–Trinajstić information content (AvgIpc) is 3.35. The van der Waals surface area contributed by atoms with Crippen molar-refractivity contribution in [2.75, 3.05) is 5.32 Å². The number of amides is 1. The number of aromatic nitrogens is 2. The van der Waals surface area contributed by atoms with Crippen LogP contribution in [0.3, 0.4) is 0 Å². The molecule has 0 atom stereocenters. The van der Waals surface area contributed by atoms with Crippen molar-refractivity contribution in [3.63, 3.8) is 0 Å². The Balaban J connectivity index is 1.75. The van der Waals surface area contributed by atoms with Crippen LogP contribution in [-0.4, -0.2) is 15.7 Å². The van der Waals surface area contributed by atoms with Crippen molar-refractivity contribution in [2.24, 2.45) is 0 Å². The number of nitrogens with zero attached hydrogens (tertiary/aromatic N) is 2. The molecular formula is C23H22ClN3O. The highest BCUT2D eigenvalue weighted by atomic mass is 35.5. The first-order valence-electron chi connectivity index (χ1n) is 9.53. The van der Waals surface area contributed by atoms with Crippen molar-refractivity contribution in [2.45, 2.75) is 31.7 Å². The molecule has 3 aromatic rings. The highest BCUT2D eigenvalue weighted by molar-refractivity contribution is 6.30. The Kier molecular flexibility index (Phi) is 5.31. The highest BCUT2D eigenvalue weighted by Crippen LogP contribution is 2.34. The van der Waals surface area contributed by atoms with Crippen molar-refractivity contribution >= 4 is 46.3 Å². The van der Waals surface area contributed by atoms with E-state index >= 15 is 0 Å². The van der Waals surface area contributed by atoms with Crippen LogP contribution in [0, 0.1) is 0 Å². The number of benzene rings is 2. The Labute approximate surface area is 169 Å². The molecule has 5 heteroatoms. The fourth-order valence-corrected chi connectivity index (χ4v) is 3.86. The van der Waals surface area contributed by atoms with Gasteiger partial charge in [0.2, 0.25) is 5.91 Å². The molecule has 0 unspecified atom stereocenters. The molecule has 1 amide bonds. The zero-order valence-corrected chi connectivity index (χ0v) is 16.3. The predicted molar refractivity (Wildman–Crippen MR) is 116 cm³/mol. The second kappa shape index (κ2) is 8.03. The van der Waals surface area contributed by atoms with E-state index in [1.807, 2.05) is 54.6 Å². The van der Waals surface area contributed by atoms with E-state index < -0.39 is 0 Å². The Bertz CT molecular complexity index is 1040. The molecule has 0 bridgehead atoms. The van der Waals surface area contributed by atoms with E-state index in [4.69, 9.17) is 16.7 Å². The molecule has 0 saturated heterocycles. The van der Waals surface area contributed by atoms with Gasteiger partial charge in [-0.25, -0.2) is 0 Å². The molecule has 1 N–H and O–H groups in total. The lowest BCUT2D eigenvalue weighted by Gasteiger charge is -2.11. The highest BCUT2D eigenvalue weighted by Gasteiger charge is 2.21. The minimum atomic E-state index is -0.221. The molecule has 1 fully saturated rings. The number of carbonyl (C=O) groups is 1. The van der Waals surface area contributed by atoms with Crippen LogP contribution in [0.4, 0.5) is 5.69 Å². The number of rotatable bonds is 5. The van der Waals surface area contributed by atoms with E-state index in [1.165, 1.54) is 18.9 Å². The second-order valence-corrected chi connectivity index (χ2v) is 7.51. The zero-order valence-electron chi connectivity index (χ0n) is 15.6. The normalized spacial score (nSPS) is 14.8. The van der Waals surface area contributed by atoms with Crippen LogP contribution >= 0.6 is 11.6 Å². The number of hydrogen-bond acceptors (Lipinski definition) is 2. The summed E-state index contributed by atoms with van der Waals surface area (Å²) in [5.41, 5.74) is 3.79. The largest absolute Gasteiger partial charge is 0.323 e. The van der Waals surface area contributed by atoms with Gasteiger partial charge >= 0.3 is 0 Å². The third-order valence-electron chi connectivity index (χ3n) is 5.16. The fourth-order valence-electron chi connectivity index (χ4n) is 3.74. The molecule has 2 aromatic carbocycles. The Morgan fingerprint density at radius 2 is 1.89 bits per heavy atom. The molecule has 1 aliphatic carbocycles. The van der Waals surface area contributed by atoms with Crippen molar-refractivity contribution < 1.29 is 4.79 Å². The number of halogens is 1. The number of carbonyl (C=O) groups excluding carboxylic acids is 1. The maximum atomic E-state index is 11.7. The summed E-state index contributed by atoms with van der Waals surface area (Å²) >= 11 is 5.97. The van der Waals surface area contributed by atoms with E-state index in [1.54, 1.807) is 0 Å². The third-order valence-corrected chi connectivity index (χ3v) is 5.41. The number of fused-ring (bicyclic) bond motifs is 1. The zero-order chi connectivity index (χ0) is 19.5. The van der Waals surface area contributed by atoms with Crippen LogP contribution in [0.25, 0.3) is 23.1 Å². The van der Waals surface area contributed by atoms with E-state index in [0.29, 0.717) is 6.04 Å². The smallest absolute Gasteiger partial charge is 0.247 e. The van der Waals surface area contributed by atoms with Crippen molar-refractivity contribution in [1.82, 2.24) is 9.78 Å². The van der Waals surface area contributed by atoms with Crippen LogP contribution in [0.15, 0.2) is 55.1 Å². The molecular weight excluding hydrogens is 370 g/mol. The van der Waals surface area contributed by atoms with Crippen LogP contribution in [0.1, 0.15) is 43.0 Å². The summed E-state index contributed by atoms with van der Waals surface area (Å²) in [5.74, 6) is -0.221. The van der Waals surface area contributed by atoms with Gasteiger partial charge in [0.15, 0.2) is 0 Å². The topological polar surface area (TPSA) is 46.9 Å². The van der Waals surface area contributed by atoms with Gasteiger partial charge in [-0.3, -0.25) is 9.48 Å². The average molecular weight is 392 g/mol. The molecule has 1 saturated carbocycles. The fraction of sp³-hybridized carbons (Fsp3) is 0.217. The molecule has 4 rings (SSSR count). The monoisotopic (exact) mass is 391 g/mol. The van der Waals surface area contributed by atoms with Gasteiger partial charge in [-0.1, -0.05) is 49.2 Å². The molecule has 0 aliphatic heterocycles. The van der Waals surface area contributed by atoms with E-state index in [2.05, 4.69) is 16.6 Å². The van der Waals surface area contributed by atoms with Crippen molar-refractivity contribution in [3.8, 4) is 0 Å². The molecule has 1 aromatic heterocycles. The lowest BCUT2D eigenvalue weighted by molar-refractivity contribution is -0.111. The lowest BCUT2D eigenvalue weighted by atomic mass is 10.1. The first-order valence-corrected chi connectivity index (χ1v) is 9.91. The SMILES string of the molecule is C=CC(=O)Nc1ccc2c(c1)c(/C=C/c1ccc(Cl)cc1)nn2C1CCCC1. The Hall–Kier alpha value is -2.85. The molecule has 0 spiro atoms. The maximum Gasteiger partial charge on any atom is 0.247 e. The van der Waals surface area contributed by atoms with Crippen LogP contribution < -0.4 is 5.32 Å². The summed E-state index contributed by atoms with van der Waals surface area (Å²) in [6.07, 6.45) is 10.1. The lowest BCUT2D eigenvalue weighted by Crippen LogP contribution is -2.07. The summed E-state index contributed by atoms with van der Waals surface area (Å²) in [4.78, 5) is 11.7. The molecule has 142 valence electrons. The summed E-state index contributed by atoms with van der Waals surface area (Å²) < 4.78 is 2.16. The molecule has 1 aliphatic rings. The van der Waals surface area contributed by atoms with Crippen LogP contribution in [0.5, 0.6) is 0 Å². The van der Waals surface area contributed by atoms with Gasteiger partial charge in [0.25, 0.3) is 0 Å². The number of nitrogens with one attached hydrogen (secondary N) is 1. The number of hydrogen-bond donors (Lipinski definition) is 1. The summed E-state index contributed by atoms with van der Waals surface area (Å²) in [6, 6.07) is 14.1. The standard InChI is InChI=1S/C23H22ClN3O/c1-2-23(28)25-18-12-14-22-20(15-18)21(26-27(22)19-5-3-4-6-19)13-9-16-7-10-17(24)11-8-16/h2,7-15,19H,1,3-6H2,(H,25,28)/b13-9+. The van der Waals surface area contributed by atoms with E-state index in [0.717, 1.165) is 45.7 Å². The van der Waals surface area contributed by atoms with Gasteiger partial charge in [0.1, 0.15) is 0 Å². The van der Waals surface area contributed by atoms with Crippen LogP contribution in [-0.2, 0) is 4.79 Å². The van der Waals surface area contributed by atoms with E-state index in [-0.39, 0.29) is 5.91 Å². The van der Waals surface area contributed by atoms with Gasteiger partial charge < -0.3 is 5.32 Å². The van der Waals surface area contributed by atoms with Gasteiger partial charge in [0.05, 0.1) is 17.3 Å². The first kappa shape index (κ1) is 18.5. The minimum absolute atomic E-state index is 0.221. The molecule has 1 heterocycles. The first-order chi connectivity index (χ1) is 13.6. The number of anilines is 1.